The van der Waals surface area contributed by atoms with Gasteiger partial charge in [0.25, 0.3) is 0 Å². The van der Waals surface area contributed by atoms with Gasteiger partial charge in [0.2, 0.25) is 0 Å². The molecule has 2 N–H and O–H groups in total. The summed E-state index contributed by atoms with van der Waals surface area (Å²) in [6.45, 7) is 2.59. The van der Waals surface area contributed by atoms with Crippen molar-refractivity contribution in [1.82, 2.24) is 0 Å². The minimum Gasteiger partial charge on any atom is -0.390 e. The molecule has 5 nitrogen and oxygen atoms in total. The zero-order valence-corrected chi connectivity index (χ0v) is 16.0. The maximum absolute atomic E-state index is 10.5. The van der Waals surface area contributed by atoms with Crippen LogP contribution in [0, 0.1) is 23.7 Å². The molecule has 2 saturated heterocycles. The van der Waals surface area contributed by atoms with E-state index in [-0.39, 0.29) is 24.4 Å². The van der Waals surface area contributed by atoms with Gasteiger partial charge in [0.1, 0.15) is 0 Å². The van der Waals surface area contributed by atoms with Gasteiger partial charge in [0.05, 0.1) is 43.5 Å². The fourth-order valence-electron chi connectivity index (χ4n) is 6.77. The van der Waals surface area contributed by atoms with Gasteiger partial charge in [-0.1, -0.05) is 0 Å². The molecule has 4 rings (SSSR count). The number of methoxy groups -OCH3 is 3. The number of aliphatic hydroxyl groups excluding tert-OH is 1. The van der Waals surface area contributed by atoms with E-state index >= 15 is 0 Å². The first-order valence-corrected chi connectivity index (χ1v) is 10.3. The van der Waals surface area contributed by atoms with Crippen molar-refractivity contribution < 1.29 is 24.2 Å². The monoisotopic (exact) mass is 354 g/mol. The van der Waals surface area contributed by atoms with Crippen LogP contribution < -0.4 is 4.90 Å². The van der Waals surface area contributed by atoms with Crippen LogP contribution in [0.5, 0.6) is 0 Å². The summed E-state index contributed by atoms with van der Waals surface area (Å²) in [5.41, 5.74) is 0. The summed E-state index contributed by atoms with van der Waals surface area (Å²) < 4.78 is 17.0. The summed E-state index contributed by atoms with van der Waals surface area (Å²) in [7, 11) is 5.41. The Bertz CT molecular complexity index is 461. The molecule has 2 heterocycles. The van der Waals surface area contributed by atoms with Crippen LogP contribution in [0.2, 0.25) is 0 Å². The van der Waals surface area contributed by atoms with Crippen molar-refractivity contribution in [2.24, 2.45) is 23.7 Å². The van der Waals surface area contributed by atoms with Gasteiger partial charge in [-0.05, 0) is 43.9 Å². The third kappa shape index (κ3) is 3.27. The van der Waals surface area contributed by atoms with E-state index in [4.69, 9.17) is 14.2 Å². The molecule has 0 aromatic carbocycles. The maximum atomic E-state index is 10.5. The number of hydrogen-bond acceptors (Lipinski definition) is 4. The van der Waals surface area contributed by atoms with Crippen LogP contribution >= 0.6 is 0 Å². The van der Waals surface area contributed by atoms with E-state index < -0.39 is 0 Å². The lowest BCUT2D eigenvalue weighted by Gasteiger charge is -2.54. The van der Waals surface area contributed by atoms with Crippen LogP contribution in [0.15, 0.2) is 0 Å². The Morgan fingerprint density at radius 2 is 1.40 bits per heavy atom. The van der Waals surface area contributed by atoms with Crippen molar-refractivity contribution in [3.63, 3.8) is 0 Å². The molecule has 144 valence electrons. The number of fused-ring (bicyclic) bond motifs is 4. The predicted octanol–water partition coefficient (Wildman–Crippen LogP) is 0.506. The number of ether oxygens (including phenoxy) is 3. The van der Waals surface area contributed by atoms with E-state index in [9.17, 15) is 5.11 Å². The van der Waals surface area contributed by atoms with Crippen molar-refractivity contribution >= 4 is 0 Å². The first-order valence-electron chi connectivity index (χ1n) is 10.3. The lowest BCUT2D eigenvalue weighted by Crippen LogP contribution is -3.19. The van der Waals surface area contributed by atoms with E-state index in [1.165, 1.54) is 25.9 Å². The van der Waals surface area contributed by atoms with Gasteiger partial charge in [-0.15, -0.1) is 0 Å². The summed E-state index contributed by atoms with van der Waals surface area (Å²) in [4.78, 5) is 1.80. The van der Waals surface area contributed by atoms with Crippen molar-refractivity contribution in [1.29, 1.82) is 0 Å². The van der Waals surface area contributed by atoms with Gasteiger partial charge in [0.15, 0.2) is 0 Å². The van der Waals surface area contributed by atoms with Crippen LogP contribution in [0.1, 0.15) is 38.5 Å². The molecule has 10 unspecified atom stereocenters. The topological polar surface area (TPSA) is 52.4 Å². The Kier molecular flexibility index (Phi) is 5.40. The second-order valence-corrected chi connectivity index (χ2v) is 9.02. The first kappa shape index (κ1) is 18.2. The number of nitrogens with one attached hydrogen (secondary N) is 1. The average Bonchev–Trinajstić information content (AvgIpc) is 2.64. The smallest absolute Gasteiger partial charge is 0.0909 e. The van der Waals surface area contributed by atoms with Crippen LogP contribution in [0.4, 0.5) is 0 Å². The Morgan fingerprint density at radius 1 is 0.760 bits per heavy atom. The number of piperidine rings is 2. The van der Waals surface area contributed by atoms with Crippen molar-refractivity contribution in [2.75, 3.05) is 34.4 Å². The highest BCUT2D eigenvalue weighted by Gasteiger charge is 2.52. The quantitative estimate of drug-likeness (QED) is 0.775. The molecule has 25 heavy (non-hydrogen) atoms. The number of aliphatic hydroxyl groups is 1. The summed E-state index contributed by atoms with van der Waals surface area (Å²) in [6.07, 6.45) is 7.17. The third-order valence-corrected chi connectivity index (χ3v) is 8.10. The minimum atomic E-state index is -0.278. The fraction of sp³-hybridized carbons (Fsp3) is 1.00. The Morgan fingerprint density at radius 3 is 2.08 bits per heavy atom. The molecule has 5 heteroatoms. The molecule has 0 spiro atoms. The standard InChI is InChI=1S/C20H35NO4/c1-23-18-7-12-4-5-21-11-14-9-20(25-3)19(24-2)8-13(14)6-16(21)15(12)10-17(18)22/h12-20,22H,4-11H2,1-3H3/p+1. The average molecular weight is 355 g/mol. The lowest BCUT2D eigenvalue weighted by molar-refractivity contribution is -0.947. The normalized spacial score (nSPS) is 52.8. The second kappa shape index (κ2) is 7.43. The molecule has 2 saturated carbocycles. The Hall–Kier alpha value is -0.200. The zero-order valence-electron chi connectivity index (χ0n) is 16.0. The molecular weight excluding hydrogens is 318 g/mol. The van der Waals surface area contributed by atoms with Crippen molar-refractivity contribution in [2.45, 2.75) is 69.0 Å². The van der Waals surface area contributed by atoms with E-state index in [1.54, 1.807) is 12.0 Å². The van der Waals surface area contributed by atoms with E-state index in [0.717, 1.165) is 49.5 Å². The van der Waals surface area contributed by atoms with Gasteiger partial charge < -0.3 is 24.2 Å². The number of rotatable bonds is 3. The molecule has 0 amide bonds. The van der Waals surface area contributed by atoms with Gasteiger partial charge in [0, 0.05) is 39.6 Å². The third-order valence-electron chi connectivity index (χ3n) is 8.10. The summed E-state index contributed by atoms with van der Waals surface area (Å²) in [6, 6.07) is 0.726. The second-order valence-electron chi connectivity index (χ2n) is 9.02. The molecular formula is C20H36NO4+. The Balaban J connectivity index is 1.47. The summed E-state index contributed by atoms with van der Waals surface area (Å²) in [5, 5.41) is 10.5. The molecule has 4 fully saturated rings. The number of hydrogen-bond donors (Lipinski definition) is 2. The highest BCUT2D eigenvalue weighted by molar-refractivity contribution is 4.96. The summed E-state index contributed by atoms with van der Waals surface area (Å²) >= 11 is 0. The van der Waals surface area contributed by atoms with Gasteiger partial charge in [-0.3, -0.25) is 0 Å². The largest absolute Gasteiger partial charge is 0.390 e. The van der Waals surface area contributed by atoms with E-state index in [0.29, 0.717) is 5.92 Å². The molecule has 0 aromatic rings. The maximum Gasteiger partial charge on any atom is 0.0909 e. The molecule has 0 aromatic heterocycles. The van der Waals surface area contributed by atoms with Gasteiger partial charge in [-0.2, -0.15) is 0 Å². The SMILES string of the molecule is COC1CC2CC[NH+]3CC4CC(OC)C(OC)CC4CC3C2CC1O. The minimum absolute atomic E-state index is 0.0501. The fourth-order valence-corrected chi connectivity index (χ4v) is 6.77. The molecule has 0 radical (unpaired) electrons. The predicted molar refractivity (Wildman–Crippen MR) is 94.5 cm³/mol. The van der Waals surface area contributed by atoms with Crippen LogP contribution in [0.3, 0.4) is 0 Å². The van der Waals surface area contributed by atoms with Crippen LogP contribution in [-0.2, 0) is 14.2 Å². The summed E-state index contributed by atoms with van der Waals surface area (Å²) in [5.74, 6) is 2.96. The van der Waals surface area contributed by atoms with Crippen molar-refractivity contribution in [3.05, 3.63) is 0 Å². The molecule has 2 aliphatic carbocycles. The van der Waals surface area contributed by atoms with Crippen molar-refractivity contribution in [3.8, 4) is 0 Å². The number of quaternary nitrogens is 1. The first-order chi connectivity index (χ1) is 12.1. The molecule has 0 bridgehead atoms. The van der Waals surface area contributed by atoms with Crippen LogP contribution in [0.25, 0.3) is 0 Å². The zero-order chi connectivity index (χ0) is 17.6. The molecule has 2 aliphatic heterocycles. The molecule has 4 aliphatic rings. The van der Waals surface area contributed by atoms with Gasteiger partial charge >= 0.3 is 0 Å². The van der Waals surface area contributed by atoms with E-state index in [2.05, 4.69) is 0 Å². The highest BCUT2D eigenvalue weighted by atomic mass is 16.5. The van der Waals surface area contributed by atoms with Gasteiger partial charge in [-0.25, -0.2) is 0 Å². The lowest BCUT2D eigenvalue weighted by atomic mass is 9.62. The van der Waals surface area contributed by atoms with Crippen LogP contribution in [-0.4, -0.2) is 70.0 Å². The highest BCUT2D eigenvalue weighted by Crippen LogP contribution is 2.43. The van der Waals surface area contributed by atoms with E-state index in [1.807, 2.05) is 14.2 Å². The molecule has 10 atom stereocenters. The Labute approximate surface area is 152 Å².